The second-order valence-corrected chi connectivity index (χ2v) is 4.85. The average Bonchev–Trinajstić information content (AvgIpc) is 2.45. The molecule has 0 spiro atoms. The first kappa shape index (κ1) is 11.5. The normalized spacial score (nSPS) is 19.8. The highest BCUT2D eigenvalue weighted by molar-refractivity contribution is 7.98. The summed E-state index contributed by atoms with van der Waals surface area (Å²) >= 11 is 1.77. The van der Waals surface area contributed by atoms with Gasteiger partial charge < -0.3 is 10.6 Å². The van der Waals surface area contributed by atoms with Crippen LogP contribution < -0.4 is 10.6 Å². The summed E-state index contributed by atoms with van der Waals surface area (Å²) in [6.07, 6.45) is 2.93. The number of amides is 1. The maximum atomic E-state index is 11.9. The summed E-state index contributed by atoms with van der Waals surface area (Å²) in [7, 11) is 0. The van der Waals surface area contributed by atoms with E-state index in [9.17, 15) is 4.79 Å². The fraction of sp³-hybridized carbons (Fsp3) is 0.417. The lowest BCUT2D eigenvalue weighted by Gasteiger charge is -2.13. The van der Waals surface area contributed by atoms with E-state index in [0.717, 1.165) is 30.0 Å². The fourth-order valence-corrected chi connectivity index (χ4v) is 2.28. The molecule has 4 heteroatoms. The van der Waals surface area contributed by atoms with Gasteiger partial charge in [0.25, 0.3) is 0 Å². The molecule has 0 fully saturated rings. The van der Waals surface area contributed by atoms with Gasteiger partial charge in [-0.3, -0.25) is 4.79 Å². The van der Waals surface area contributed by atoms with Gasteiger partial charge in [-0.25, -0.2) is 0 Å². The standard InChI is InChI=1S/C12H16N2OS/c1-16-7-6-11-12(15)14-10-5-3-2-4-9(10)8-13-11/h2-5,11,13H,6-8H2,1H3,(H,14,15)/t11-/m0/s1. The largest absolute Gasteiger partial charge is 0.324 e. The van der Waals surface area contributed by atoms with Gasteiger partial charge in [0.15, 0.2) is 0 Å². The molecule has 2 rings (SSSR count). The molecule has 0 aliphatic carbocycles. The molecule has 1 aromatic rings. The van der Waals surface area contributed by atoms with Crippen molar-refractivity contribution in [3.63, 3.8) is 0 Å². The number of hydrogen-bond donors (Lipinski definition) is 2. The summed E-state index contributed by atoms with van der Waals surface area (Å²) in [6.45, 7) is 0.758. The van der Waals surface area contributed by atoms with E-state index in [-0.39, 0.29) is 11.9 Å². The molecule has 1 aliphatic rings. The Bertz CT molecular complexity index is 381. The SMILES string of the molecule is CSCC[C@@H]1NCc2ccccc2NC1=O. The van der Waals surface area contributed by atoms with Crippen LogP contribution in [0.4, 0.5) is 5.69 Å². The molecule has 1 heterocycles. The first-order valence-corrected chi connectivity index (χ1v) is 6.81. The zero-order valence-electron chi connectivity index (χ0n) is 9.32. The van der Waals surface area contributed by atoms with Crippen molar-refractivity contribution in [2.45, 2.75) is 19.0 Å². The van der Waals surface area contributed by atoms with Crippen LogP contribution in [0.5, 0.6) is 0 Å². The minimum Gasteiger partial charge on any atom is -0.324 e. The third-order valence-electron chi connectivity index (χ3n) is 2.74. The van der Waals surface area contributed by atoms with E-state index in [4.69, 9.17) is 0 Å². The Labute approximate surface area is 100.0 Å². The van der Waals surface area contributed by atoms with E-state index < -0.39 is 0 Å². The van der Waals surface area contributed by atoms with Crippen LogP contribution in [0.15, 0.2) is 24.3 Å². The van der Waals surface area contributed by atoms with Crippen molar-refractivity contribution in [3.05, 3.63) is 29.8 Å². The van der Waals surface area contributed by atoms with Gasteiger partial charge in [0.05, 0.1) is 6.04 Å². The number of anilines is 1. The summed E-state index contributed by atoms with van der Waals surface area (Å²) in [5, 5.41) is 6.27. The molecule has 3 nitrogen and oxygen atoms in total. The number of thioether (sulfide) groups is 1. The average molecular weight is 236 g/mol. The molecule has 0 bridgehead atoms. The van der Waals surface area contributed by atoms with Crippen molar-refractivity contribution < 1.29 is 4.79 Å². The molecule has 1 aromatic carbocycles. The van der Waals surface area contributed by atoms with Gasteiger partial charge in [-0.05, 0) is 30.1 Å². The lowest BCUT2D eigenvalue weighted by Crippen LogP contribution is -2.38. The second-order valence-electron chi connectivity index (χ2n) is 3.86. The molecule has 0 radical (unpaired) electrons. The van der Waals surface area contributed by atoms with E-state index in [1.54, 1.807) is 11.8 Å². The van der Waals surface area contributed by atoms with Crippen LogP contribution in [0.3, 0.4) is 0 Å². The summed E-state index contributed by atoms with van der Waals surface area (Å²) in [6, 6.07) is 7.86. The topological polar surface area (TPSA) is 41.1 Å². The Balaban J connectivity index is 2.09. The van der Waals surface area contributed by atoms with Gasteiger partial charge in [-0.1, -0.05) is 18.2 Å². The van der Waals surface area contributed by atoms with Gasteiger partial charge in [0.2, 0.25) is 5.91 Å². The van der Waals surface area contributed by atoms with Crippen molar-refractivity contribution in [1.29, 1.82) is 0 Å². The number of carbonyl (C=O) groups excluding carboxylic acids is 1. The Morgan fingerprint density at radius 3 is 3.06 bits per heavy atom. The molecule has 0 aromatic heterocycles. The predicted octanol–water partition coefficient (Wildman–Crippen LogP) is 1.85. The highest BCUT2D eigenvalue weighted by Gasteiger charge is 2.21. The summed E-state index contributed by atoms with van der Waals surface area (Å²) in [5.74, 6) is 1.08. The number of benzene rings is 1. The third kappa shape index (κ3) is 2.57. The number of carbonyl (C=O) groups is 1. The molecule has 0 saturated carbocycles. The highest BCUT2D eigenvalue weighted by Crippen LogP contribution is 2.18. The van der Waals surface area contributed by atoms with Crippen LogP contribution in [0.2, 0.25) is 0 Å². The first-order chi connectivity index (χ1) is 7.81. The Kier molecular flexibility index (Phi) is 3.85. The molecular formula is C12H16N2OS. The van der Waals surface area contributed by atoms with Crippen LogP contribution in [-0.4, -0.2) is 24.0 Å². The summed E-state index contributed by atoms with van der Waals surface area (Å²) in [4.78, 5) is 11.9. The minimum atomic E-state index is -0.0696. The van der Waals surface area contributed by atoms with Crippen molar-refractivity contribution in [3.8, 4) is 0 Å². The van der Waals surface area contributed by atoms with E-state index in [0.29, 0.717) is 0 Å². The smallest absolute Gasteiger partial charge is 0.241 e. The molecule has 1 aliphatic heterocycles. The van der Waals surface area contributed by atoms with E-state index in [1.807, 2.05) is 24.3 Å². The zero-order chi connectivity index (χ0) is 11.4. The van der Waals surface area contributed by atoms with Crippen molar-refractivity contribution >= 4 is 23.4 Å². The van der Waals surface area contributed by atoms with Crippen LogP contribution in [0, 0.1) is 0 Å². The third-order valence-corrected chi connectivity index (χ3v) is 3.39. The van der Waals surface area contributed by atoms with Crippen LogP contribution >= 0.6 is 11.8 Å². The van der Waals surface area contributed by atoms with E-state index in [2.05, 4.69) is 16.9 Å². The molecule has 86 valence electrons. The summed E-state index contributed by atoms with van der Waals surface area (Å²) in [5.41, 5.74) is 2.09. The van der Waals surface area contributed by atoms with Crippen LogP contribution in [-0.2, 0) is 11.3 Å². The van der Waals surface area contributed by atoms with Gasteiger partial charge >= 0.3 is 0 Å². The minimum absolute atomic E-state index is 0.0696. The van der Waals surface area contributed by atoms with E-state index in [1.165, 1.54) is 0 Å². The first-order valence-electron chi connectivity index (χ1n) is 5.42. The molecule has 16 heavy (non-hydrogen) atoms. The number of nitrogens with one attached hydrogen (secondary N) is 2. The maximum Gasteiger partial charge on any atom is 0.241 e. The predicted molar refractivity (Wildman–Crippen MR) is 68.7 cm³/mol. The van der Waals surface area contributed by atoms with Crippen molar-refractivity contribution in [2.24, 2.45) is 0 Å². The lowest BCUT2D eigenvalue weighted by atomic mass is 10.2. The van der Waals surface area contributed by atoms with Gasteiger partial charge in [-0.2, -0.15) is 11.8 Å². The Hall–Kier alpha value is -1.00. The monoisotopic (exact) mass is 236 g/mol. The van der Waals surface area contributed by atoms with Crippen LogP contribution in [0.1, 0.15) is 12.0 Å². The van der Waals surface area contributed by atoms with Crippen molar-refractivity contribution in [1.82, 2.24) is 5.32 Å². The van der Waals surface area contributed by atoms with Gasteiger partial charge in [-0.15, -0.1) is 0 Å². The fourth-order valence-electron chi connectivity index (χ4n) is 1.81. The molecule has 2 N–H and O–H groups in total. The maximum absolute atomic E-state index is 11.9. The Morgan fingerprint density at radius 1 is 1.44 bits per heavy atom. The van der Waals surface area contributed by atoms with Crippen LogP contribution in [0.25, 0.3) is 0 Å². The second kappa shape index (κ2) is 5.37. The lowest BCUT2D eigenvalue weighted by molar-refractivity contribution is -0.118. The molecule has 1 atom stereocenters. The molecule has 1 amide bonds. The van der Waals surface area contributed by atoms with Gasteiger partial charge in [0, 0.05) is 12.2 Å². The number of hydrogen-bond acceptors (Lipinski definition) is 3. The zero-order valence-corrected chi connectivity index (χ0v) is 10.1. The molecular weight excluding hydrogens is 220 g/mol. The Morgan fingerprint density at radius 2 is 2.25 bits per heavy atom. The summed E-state index contributed by atoms with van der Waals surface area (Å²) < 4.78 is 0. The highest BCUT2D eigenvalue weighted by atomic mass is 32.2. The van der Waals surface area contributed by atoms with E-state index >= 15 is 0 Å². The number of para-hydroxylation sites is 1. The number of rotatable bonds is 3. The number of fused-ring (bicyclic) bond motifs is 1. The quantitative estimate of drug-likeness (QED) is 0.841. The molecule has 0 unspecified atom stereocenters. The van der Waals surface area contributed by atoms with Crippen molar-refractivity contribution in [2.75, 3.05) is 17.3 Å². The molecule has 0 saturated heterocycles. The van der Waals surface area contributed by atoms with Gasteiger partial charge in [0.1, 0.15) is 0 Å².